The topological polar surface area (TPSA) is 100 Å². The van der Waals surface area contributed by atoms with Gasteiger partial charge in [-0.1, -0.05) is 6.58 Å². The van der Waals surface area contributed by atoms with Crippen LogP contribution in [0, 0.1) is 5.21 Å². The lowest BCUT2D eigenvalue weighted by Crippen LogP contribution is -2.13. The van der Waals surface area contributed by atoms with E-state index in [1.54, 1.807) is 0 Å². The number of carbonyl (C=O) groups is 2. The van der Waals surface area contributed by atoms with Crippen molar-refractivity contribution in [1.29, 1.82) is 0 Å². The lowest BCUT2D eigenvalue weighted by Gasteiger charge is -2.22. The molecule has 0 saturated heterocycles. The number of carbonyl (C=O) groups excluding carboxylic acids is 2. The van der Waals surface area contributed by atoms with Crippen LogP contribution >= 0.6 is 0 Å². The summed E-state index contributed by atoms with van der Waals surface area (Å²) in [5.74, 6) is -0.860. The molecule has 0 bridgehead atoms. The molecule has 8 nitrogen and oxygen atoms in total. The van der Waals surface area contributed by atoms with Gasteiger partial charge in [-0.05, 0) is 24.3 Å². The monoisotopic (exact) mass is 307 g/mol. The predicted molar refractivity (Wildman–Crippen MR) is 77.9 cm³/mol. The zero-order chi connectivity index (χ0) is 16.4. The van der Waals surface area contributed by atoms with Crippen LogP contribution in [0.3, 0.4) is 0 Å². The van der Waals surface area contributed by atoms with Crippen LogP contribution in [0.4, 0.5) is 0 Å². The third-order valence-corrected chi connectivity index (χ3v) is 2.32. The first-order valence-corrected chi connectivity index (χ1v) is 6.25. The maximum Gasteiger partial charge on any atom is 0.338 e. The van der Waals surface area contributed by atoms with E-state index in [4.69, 9.17) is 9.47 Å². The molecule has 1 aromatic carbocycles. The van der Waals surface area contributed by atoms with Gasteiger partial charge in [0.2, 0.25) is 0 Å². The van der Waals surface area contributed by atoms with E-state index in [0.29, 0.717) is 12.0 Å². The molecule has 0 heterocycles. The van der Waals surface area contributed by atoms with E-state index in [0.717, 1.165) is 6.08 Å². The minimum Gasteiger partial charge on any atom is -0.706 e. The highest BCUT2D eigenvalue weighted by Crippen LogP contribution is 2.14. The van der Waals surface area contributed by atoms with Crippen molar-refractivity contribution in [2.45, 2.75) is 6.42 Å². The van der Waals surface area contributed by atoms with E-state index in [1.165, 1.54) is 24.3 Å². The third kappa shape index (κ3) is 6.06. The molecule has 0 aliphatic heterocycles. The van der Waals surface area contributed by atoms with Crippen LogP contribution in [0.5, 0.6) is 5.75 Å². The first-order chi connectivity index (χ1) is 10.6. The van der Waals surface area contributed by atoms with Gasteiger partial charge in [0.1, 0.15) is 0 Å². The maximum atomic E-state index is 11.7. The molecule has 0 spiro atoms. The van der Waals surface area contributed by atoms with Gasteiger partial charge in [-0.2, -0.15) is 10.4 Å². The lowest BCUT2D eigenvalue weighted by molar-refractivity contribution is -0.137. The maximum absolute atomic E-state index is 11.7. The largest absolute Gasteiger partial charge is 0.706 e. The number of hydrogen-bond acceptors (Lipinski definition) is 8. The van der Waals surface area contributed by atoms with Crippen molar-refractivity contribution in [1.82, 2.24) is 5.34 Å². The number of benzene rings is 1. The highest BCUT2D eigenvalue weighted by molar-refractivity contribution is 5.89. The molecule has 1 aromatic rings. The Balaban J connectivity index is 2.34. The number of ether oxygens (including phenoxy) is 2. The molecule has 0 fully saturated rings. The van der Waals surface area contributed by atoms with Crippen molar-refractivity contribution >= 4 is 18.7 Å². The second kappa shape index (κ2) is 9.14. The van der Waals surface area contributed by atoms with Crippen LogP contribution in [0.15, 0.2) is 42.0 Å². The smallest absolute Gasteiger partial charge is 0.338 e. The van der Waals surface area contributed by atoms with Crippen LogP contribution in [-0.4, -0.2) is 37.2 Å². The Morgan fingerprint density at radius 1 is 1.23 bits per heavy atom. The van der Waals surface area contributed by atoms with Gasteiger partial charge in [-0.15, -0.1) is 0 Å². The highest BCUT2D eigenvalue weighted by atomic mass is 16.9. The second-order valence-corrected chi connectivity index (χ2v) is 3.86. The van der Waals surface area contributed by atoms with Crippen LogP contribution < -0.4 is 4.84 Å². The second-order valence-electron chi connectivity index (χ2n) is 3.86. The van der Waals surface area contributed by atoms with Crippen molar-refractivity contribution in [3.8, 4) is 5.75 Å². The van der Waals surface area contributed by atoms with Gasteiger partial charge in [0.25, 0.3) is 0 Å². The normalized spacial score (nSPS) is 9.50. The molecule has 0 amide bonds. The minimum absolute atomic E-state index is 0.0577. The fourth-order valence-electron chi connectivity index (χ4n) is 1.31. The summed E-state index contributed by atoms with van der Waals surface area (Å²) in [6, 6.07) is 5.70. The Kier molecular flexibility index (Phi) is 7.14. The van der Waals surface area contributed by atoms with E-state index in [-0.39, 0.29) is 24.3 Å². The summed E-state index contributed by atoms with van der Waals surface area (Å²) in [4.78, 5) is 27.1. The molecule has 1 rings (SSSR count). The van der Waals surface area contributed by atoms with E-state index < -0.39 is 11.9 Å². The summed E-state index contributed by atoms with van der Waals surface area (Å²) in [5.41, 5.74) is 0.291. The molecule has 22 heavy (non-hydrogen) atoms. The summed E-state index contributed by atoms with van der Waals surface area (Å²) in [6.07, 6.45) is 1.43. The zero-order valence-corrected chi connectivity index (χ0v) is 11.8. The molecule has 0 N–H and O–H groups in total. The van der Waals surface area contributed by atoms with E-state index in [1.807, 2.05) is 0 Å². The van der Waals surface area contributed by atoms with E-state index >= 15 is 0 Å². The fourth-order valence-corrected chi connectivity index (χ4v) is 1.31. The molecule has 0 atom stereocenters. The highest BCUT2D eigenvalue weighted by Gasteiger charge is 2.07. The van der Waals surface area contributed by atoms with Gasteiger partial charge >= 0.3 is 11.9 Å². The quantitative estimate of drug-likeness (QED) is 0.225. The molecule has 0 radical (unpaired) electrons. The van der Waals surface area contributed by atoms with Crippen molar-refractivity contribution in [3.63, 3.8) is 0 Å². The van der Waals surface area contributed by atoms with Gasteiger partial charge in [0, 0.05) is 19.2 Å². The van der Waals surface area contributed by atoms with Gasteiger partial charge in [0.05, 0.1) is 18.8 Å². The average Bonchev–Trinajstić information content (AvgIpc) is 2.54. The Bertz CT molecular complexity index is 529. The first kappa shape index (κ1) is 17.2. The zero-order valence-electron chi connectivity index (χ0n) is 11.8. The molecular formula is C14H15N2O6-. The lowest BCUT2D eigenvalue weighted by atomic mass is 10.2. The number of rotatable bonds is 9. The minimum atomic E-state index is -0.539. The van der Waals surface area contributed by atoms with Gasteiger partial charge in [-0.3, -0.25) is 0 Å². The SMILES string of the molecule is C=CC(=O)OCCCOC(=O)c1ccc(ON([O-])N=C)cc1. The van der Waals surface area contributed by atoms with Gasteiger partial charge < -0.3 is 19.5 Å². The molecule has 0 unspecified atom stereocenters. The summed E-state index contributed by atoms with van der Waals surface area (Å²) >= 11 is 0. The summed E-state index contributed by atoms with van der Waals surface area (Å²) in [6.45, 7) is 6.50. The van der Waals surface area contributed by atoms with Crippen molar-refractivity contribution in [2.24, 2.45) is 5.10 Å². The molecular weight excluding hydrogens is 292 g/mol. The molecule has 118 valence electrons. The van der Waals surface area contributed by atoms with Crippen LogP contribution in [-0.2, 0) is 14.3 Å². The number of nitrogens with zero attached hydrogens (tertiary/aromatic N) is 2. The van der Waals surface area contributed by atoms with E-state index in [2.05, 4.69) is 23.2 Å². The molecule has 0 aliphatic rings. The fraction of sp³-hybridized carbons (Fsp3) is 0.214. The average molecular weight is 307 g/mol. The summed E-state index contributed by atoms with van der Waals surface area (Å²) < 4.78 is 9.72. The predicted octanol–water partition coefficient (Wildman–Crippen LogP) is 1.67. The molecule has 0 saturated carbocycles. The van der Waals surface area contributed by atoms with E-state index in [9.17, 15) is 14.8 Å². The standard InChI is InChI=1S/C14H15N2O6/c1-3-13(17)20-9-4-10-21-14(18)11-5-7-12(8-6-11)22-16(19)15-2/h3,5-8H,1-2,4,9-10H2/q-1. The van der Waals surface area contributed by atoms with Crippen molar-refractivity contribution in [3.05, 3.63) is 47.7 Å². The van der Waals surface area contributed by atoms with Crippen molar-refractivity contribution in [2.75, 3.05) is 13.2 Å². The number of hydrazone groups is 1. The Morgan fingerprint density at radius 2 is 1.86 bits per heavy atom. The van der Waals surface area contributed by atoms with Gasteiger partial charge in [0.15, 0.2) is 5.75 Å². The van der Waals surface area contributed by atoms with Crippen molar-refractivity contribution < 1.29 is 23.9 Å². The van der Waals surface area contributed by atoms with Crippen LogP contribution in [0.2, 0.25) is 0 Å². The molecule has 0 aromatic heterocycles. The van der Waals surface area contributed by atoms with Gasteiger partial charge in [-0.25, -0.2) is 9.59 Å². The number of esters is 2. The Hall–Kier alpha value is -2.87. The first-order valence-electron chi connectivity index (χ1n) is 6.25. The van der Waals surface area contributed by atoms with Crippen LogP contribution in [0.25, 0.3) is 0 Å². The Morgan fingerprint density at radius 3 is 2.45 bits per heavy atom. The summed E-state index contributed by atoms with van der Waals surface area (Å²) in [5, 5.41) is 13.7. The Labute approximate surface area is 127 Å². The third-order valence-electron chi connectivity index (χ3n) is 2.32. The van der Waals surface area contributed by atoms with Crippen LogP contribution in [0.1, 0.15) is 16.8 Å². The molecule has 8 heteroatoms. The summed E-state index contributed by atoms with van der Waals surface area (Å²) in [7, 11) is 0. The molecule has 0 aliphatic carbocycles. The number of hydrogen-bond donors (Lipinski definition) is 0.